The summed E-state index contributed by atoms with van der Waals surface area (Å²) in [6.45, 7) is 8.75. The van der Waals surface area contributed by atoms with Crippen LogP contribution in [0.2, 0.25) is 0 Å². The smallest absolute Gasteiger partial charge is 0.191 e. The van der Waals surface area contributed by atoms with Gasteiger partial charge < -0.3 is 20.5 Å². The number of nitrogens with zero attached hydrogens (tertiary/aromatic N) is 6. The highest BCUT2D eigenvalue weighted by Gasteiger charge is 2.08. The molecule has 29 heavy (non-hydrogen) atoms. The predicted octanol–water partition coefficient (Wildman–Crippen LogP) is 2.26. The van der Waals surface area contributed by atoms with Gasteiger partial charge in [0.15, 0.2) is 17.4 Å². The van der Waals surface area contributed by atoms with Gasteiger partial charge in [0, 0.05) is 32.7 Å². The number of anilines is 1. The molecule has 0 saturated carbocycles. The van der Waals surface area contributed by atoms with E-state index in [-0.39, 0.29) is 24.0 Å². The fourth-order valence-corrected chi connectivity index (χ4v) is 2.64. The van der Waals surface area contributed by atoms with Gasteiger partial charge in [-0.15, -0.1) is 24.0 Å². The molecular weight excluding hydrogens is 485 g/mol. The Labute approximate surface area is 187 Å². The summed E-state index contributed by atoms with van der Waals surface area (Å²) in [5.74, 6) is 2.58. The van der Waals surface area contributed by atoms with E-state index in [0.29, 0.717) is 25.6 Å². The quantitative estimate of drug-likeness (QED) is 0.182. The van der Waals surface area contributed by atoms with Crippen molar-refractivity contribution in [2.24, 2.45) is 12.0 Å². The van der Waals surface area contributed by atoms with E-state index >= 15 is 0 Å². The van der Waals surface area contributed by atoms with Crippen LogP contribution in [0.5, 0.6) is 0 Å². The molecule has 0 saturated heterocycles. The average Bonchev–Trinajstić information content (AvgIpc) is 3.31. The first kappa shape index (κ1) is 22.8. The third-order valence-corrected chi connectivity index (χ3v) is 4.15. The van der Waals surface area contributed by atoms with Gasteiger partial charge in [-0.25, -0.2) is 15.0 Å². The van der Waals surface area contributed by atoms with Crippen LogP contribution in [-0.4, -0.2) is 50.5 Å². The lowest BCUT2D eigenvalue weighted by Gasteiger charge is -2.12. The van der Waals surface area contributed by atoms with Crippen LogP contribution in [-0.2, 0) is 13.6 Å². The minimum atomic E-state index is 0. The summed E-state index contributed by atoms with van der Waals surface area (Å²) in [5.41, 5.74) is 1.74. The van der Waals surface area contributed by atoms with Crippen LogP contribution in [0.15, 0.2) is 28.1 Å². The van der Waals surface area contributed by atoms with E-state index < -0.39 is 0 Å². The Morgan fingerprint density at radius 2 is 2.07 bits per heavy atom. The minimum Gasteiger partial charge on any atom is -0.368 e. The maximum atomic E-state index is 5.33. The minimum absolute atomic E-state index is 0. The van der Waals surface area contributed by atoms with Gasteiger partial charge >= 0.3 is 0 Å². The topological polar surface area (TPSA) is 118 Å². The van der Waals surface area contributed by atoms with E-state index in [9.17, 15) is 0 Å². The van der Waals surface area contributed by atoms with Crippen LogP contribution < -0.4 is 16.0 Å². The summed E-state index contributed by atoms with van der Waals surface area (Å²) in [6, 6.07) is 1.95. The highest BCUT2D eigenvalue weighted by Crippen LogP contribution is 2.17. The number of nitrogens with one attached hydrogen (secondary N) is 3. The van der Waals surface area contributed by atoms with E-state index in [4.69, 9.17) is 4.52 Å². The van der Waals surface area contributed by atoms with Crippen molar-refractivity contribution in [1.29, 1.82) is 0 Å². The number of aromatic nitrogens is 5. The Morgan fingerprint density at radius 3 is 2.79 bits per heavy atom. The summed E-state index contributed by atoms with van der Waals surface area (Å²) in [7, 11) is 1.86. The average molecular weight is 513 g/mol. The molecule has 158 valence electrons. The van der Waals surface area contributed by atoms with Crippen molar-refractivity contribution in [3.05, 3.63) is 30.0 Å². The summed E-state index contributed by atoms with van der Waals surface area (Å²) in [5, 5.41) is 19.0. The molecule has 3 rings (SSSR count). The Hall–Kier alpha value is -2.44. The standard InChI is InChI=1S/C18H27N9O.HI/c1-5-19-18(22-9-13-8-15(12(2)3)26-28-13)21-7-6-20-16-14-10-25-27(4)17(14)24-11-23-16;/h8,10-12H,5-7,9H2,1-4H3,(H2,19,21,22)(H,20,23,24);1H. The number of aliphatic imine (C=N–C) groups is 1. The highest BCUT2D eigenvalue weighted by molar-refractivity contribution is 14.0. The lowest BCUT2D eigenvalue weighted by Crippen LogP contribution is -2.39. The Morgan fingerprint density at radius 1 is 1.24 bits per heavy atom. The normalized spacial score (nSPS) is 11.6. The monoisotopic (exact) mass is 513 g/mol. The molecule has 0 amide bonds. The largest absolute Gasteiger partial charge is 0.368 e. The summed E-state index contributed by atoms with van der Waals surface area (Å²) < 4.78 is 7.06. The van der Waals surface area contributed by atoms with Gasteiger partial charge in [-0.05, 0) is 12.8 Å². The maximum absolute atomic E-state index is 5.33. The molecule has 0 spiro atoms. The number of halogens is 1. The van der Waals surface area contributed by atoms with E-state index in [1.807, 2.05) is 20.0 Å². The van der Waals surface area contributed by atoms with Gasteiger partial charge in [0.25, 0.3) is 0 Å². The van der Waals surface area contributed by atoms with Crippen LogP contribution in [0.1, 0.15) is 38.1 Å². The number of hydrogen-bond donors (Lipinski definition) is 3. The number of guanidine groups is 1. The molecule has 0 aliphatic rings. The zero-order chi connectivity index (χ0) is 19.9. The molecule has 0 aliphatic carbocycles. The molecule has 0 aromatic carbocycles. The second-order valence-electron chi connectivity index (χ2n) is 6.65. The van der Waals surface area contributed by atoms with Crippen molar-refractivity contribution in [1.82, 2.24) is 35.5 Å². The maximum Gasteiger partial charge on any atom is 0.191 e. The molecule has 0 fully saturated rings. The summed E-state index contributed by atoms with van der Waals surface area (Å²) in [4.78, 5) is 13.1. The van der Waals surface area contributed by atoms with E-state index in [2.05, 4.69) is 55.0 Å². The molecule has 3 aromatic rings. The third kappa shape index (κ3) is 6.02. The van der Waals surface area contributed by atoms with Gasteiger partial charge in [0.05, 0.1) is 17.3 Å². The fourth-order valence-electron chi connectivity index (χ4n) is 2.64. The van der Waals surface area contributed by atoms with Crippen LogP contribution >= 0.6 is 24.0 Å². The predicted molar refractivity (Wildman–Crippen MR) is 124 cm³/mol. The lowest BCUT2D eigenvalue weighted by molar-refractivity contribution is 0.376. The molecular formula is C18H28IN9O. The van der Waals surface area contributed by atoms with Crippen LogP contribution in [0.25, 0.3) is 11.0 Å². The molecule has 3 aromatic heterocycles. The molecule has 0 atom stereocenters. The van der Waals surface area contributed by atoms with Crippen molar-refractivity contribution in [2.75, 3.05) is 25.0 Å². The number of fused-ring (bicyclic) bond motifs is 1. The first-order chi connectivity index (χ1) is 13.6. The van der Waals surface area contributed by atoms with Crippen molar-refractivity contribution in [3.8, 4) is 0 Å². The highest BCUT2D eigenvalue weighted by atomic mass is 127. The zero-order valence-electron chi connectivity index (χ0n) is 17.1. The van der Waals surface area contributed by atoms with Crippen LogP contribution in [0.4, 0.5) is 5.82 Å². The van der Waals surface area contributed by atoms with Crippen molar-refractivity contribution in [2.45, 2.75) is 33.2 Å². The Balaban J connectivity index is 0.00000300. The van der Waals surface area contributed by atoms with Crippen LogP contribution in [0, 0.1) is 0 Å². The third-order valence-electron chi connectivity index (χ3n) is 4.15. The molecule has 0 radical (unpaired) electrons. The molecule has 10 nitrogen and oxygen atoms in total. The second-order valence-corrected chi connectivity index (χ2v) is 6.65. The van der Waals surface area contributed by atoms with Gasteiger partial charge in [-0.3, -0.25) is 4.68 Å². The van der Waals surface area contributed by atoms with E-state index in [1.54, 1.807) is 10.9 Å². The van der Waals surface area contributed by atoms with Crippen molar-refractivity contribution >= 4 is 46.8 Å². The van der Waals surface area contributed by atoms with E-state index in [0.717, 1.165) is 40.8 Å². The molecule has 3 heterocycles. The van der Waals surface area contributed by atoms with Crippen molar-refractivity contribution < 1.29 is 4.52 Å². The molecule has 0 unspecified atom stereocenters. The Bertz CT molecular complexity index is 934. The van der Waals surface area contributed by atoms with Gasteiger partial charge in [-0.2, -0.15) is 5.10 Å². The molecule has 11 heteroatoms. The number of aryl methyl sites for hydroxylation is 1. The first-order valence-corrected chi connectivity index (χ1v) is 9.42. The second kappa shape index (κ2) is 10.9. The number of hydrogen-bond acceptors (Lipinski definition) is 7. The zero-order valence-corrected chi connectivity index (χ0v) is 19.5. The number of rotatable bonds is 8. The van der Waals surface area contributed by atoms with Crippen molar-refractivity contribution in [3.63, 3.8) is 0 Å². The molecule has 0 aliphatic heterocycles. The first-order valence-electron chi connectivity index (χ1n) is 9.42. The van der Waals surface area contributed by atoms with E-state index in [1.165, 1.54) is 6.33 Å². The van der Waals surface area contributed by atoms with Crippen LogP contribution in [0.3, 0.4) is 0 Å². The van der Waals surface area contributed by atoms with Gasteiger partial charge in [-0.1, -0.05) is 19.0 Å². The SMILES string of the molecule is CCNC(=NCc1cc(C(C)C)no1)NCCNc1ncnc2c1cnn2C.I. The summed E-state index contributed by atoms with van der Waals surface area (Å²) >= 11 is 0. The summed E-state index contributed by atoms with van der Waals surface area (Å²) in [6.07, 6.45) is 3.30. The lowest BCUT2D eigenvalue weighted by atomic mass is 10.1. The van der Waals surface area contributed by atoms with Gasteiger partial charge in [0.1, 0.15) is 18.7 Å². The Kier molecular flexibility index (Phi) is 8.61. The molecule has 3 N–H and O–H groups in total. The fraction of sp³-hybridized carbons (Fsp3) is 0.500. The molecule has 0 bridgehead atoms. The van der Waals surface area contributed by atoms with Gasteiger partial charge in [0.2, 0.25) is 0 Å².